The predicted octanol–water partition coefficient (Wildman–Crippen LogP) is 1.19. The molecule has 3 N–H and O–H groups in total. The molecule has 0 radical (unpaired) electrons. The van der Waals surface area contributed by atoms with Crippen molar-refractivity contribution in [2.24, 2.45) is 10.9 Å². The number of hydrogen-bond acceptors (Lipinski definition) is 9. The van der Waals surface area contributed by atoms with E-state index in [2.05, 4.69) is 10.5 Å². The highest BCUT2D eigenvalue weighted by molar-refractivity contribution is 8.12. The molecule has 0 aromatic rings. The second-order valence-electron chi connectivity index (χ2n) is 3.93. The molecule has 8 nitrogen and oxygen atoms in total. The molecule has 1 unspecified atom stereocenters. The van der Waals surface area contributed by atoms with Crippen LogP contribution in [0.15, 0.2) is 5.18 Å². The summed E-state index contributed by atoms with van der Waals surface area (Å²) in [5.41, 5.74) is 5.39. The van der Waals surface area contributed by atoms with Gasteiger partial charge in [-0.3, -0.25) is 10.1 Å². The van der Waals surface area contributed by atoms with Crippen LogP contribution < -0.4 is 11.1 Å². The number of nitrogens with two attached hydrogens (primary N) is 1. The van der Waals surface area contributed by atoms with E-state index in [-0.39, 0.29) is 6.73 Å². The van der Waals surface area contributed by atoms with Gasteiger partial charge in [0, 0.05) is 0 Å². The molecule has 116 valence electrons. The zero-order chi connectivity index (χ0) is 15.4. The molecule has 0 aromatic heterocycles. The Kier molecular flexibility index (Phi) is 10.9. The number of unbranched alkanes of at least 4 members (excludes halogenated alkanes) is 1. The third kappa shape index (κ3) is 8.83. The standard InChI is InChI=1S/C11H21N3O5S/c1-8(14-17)19-10(15)9(5-3-4-6-12)13-7-18-11(16)20-2/h8-9,13H,3-7,12H2,1-2H3/t8?,9-/m0/s1. The molecule has 2 atom stereocenters. The zero-order valence-corrected chi connectivity index (χ0v) is 12.5. The van der Waals surface area contributed by atoms with Crippen molar-refractivity contribution < 1.29 is 19.1 Å². The second kappa shape index (κ2) is 11.6. The Labute approximate surface area is 122 Å². The lowest BCUT2D eigenvalue weighted by Gasteiger charge is -2.18. The van der Waals surface area contributed by atoms with Gasteiger partial charge >= 0.3 is 11.3 Å². The highest BCUT2D eigenvalue weighted by Crippen LogP contribution is 2.06. The van der Waals surface area contributed by atoms with Crippen molar-refractivity contribution in [1.29, 1.82) is 0 Å². The molecule has 0 aliphatic heterocycles. The molecule has 0 rings (SSSR count). The fourth-order valence-corrected chi connectivity index (χ4v) is 1.50. The van der Waals surface area contributed by atoms with Gasteiger partial charge in [0.1, 0.15) is 12.8 Å². The smallest absolute Gasteiger partial charge is 0.368 e. The Morgan fingerprint density at radius 3 is 2.65 bits per heavy atom. The van der Waals surface area contributed by atoms with Crippen LogP contribution >= 0.6 is 11.8 Å². The number of carbonyl (C=O) groups excluding carboxylic acids is 2. The molecule has 0 aliphatic rings. The summed E-state index contributed by atoms with van der Waals surface area (Å²) in [7, 11) is 0. The number of rotatable bonds is 10. The van der Waals surface area contributed by atoms with Gasteiger partial charge in [-0.2, -0.15) is 0 Å². The lowest BCUT2D eigenvalue weighted by molar-refractivity contribution is -0.151. The molecule has 0 aliphatic carbocycles. The van der Waals surface area contributed by atoms with Crippen molar-refractivity contribution in [2.45, 2.75) is 38.5 Å². The van der Waals surface area contributed by atoms with Gasteiger partial charge in [-0.15, -0.1) is 4.91 Å². The first-order valence-electron chi connectivity index (χ1n) is 6.22. The molecule has 0 saturated carbocycles. The summed E-state index contributed by atoms with van der Waals surface area (Å²) in [5, 5.41) is 4.91. The molecule has 9 heteroatoms. The maximum Gasteiger partial charge on any atom is 0.368 e. The number of nitrogens with one attached hydrogen (secondary N) is 1. The molecule has 0 spiro atoms. The SMILES string of the molecule is CSC(=O)OCN[C@@H](CCCCN)C(=O)OC(C)N=O. The van der Waals surface area contributed by atoms with Gasteiger partial charge in [0.2, 0.25) is 6.23 Å². The van der Waals surface area contributed by atoms with Crippen LogP contribution in [0.2, 0.25) is 0 Å². The van der Waals surface area contributed by atoms with Crippen molar-refractivity contribution in [3.05, 3.63) is 4.91 Å². The van der Waals surface area contributed by atoms with Crippen LogP contribution in [0, 0.1) is 4.91 Å². The van der Waals surface area contributed by atoms with E-state index in [0.29, 0.717) is 19.4 Å². The van der Waals surface area contributed by atoms with E-state index >= 15 is 0 Å². The summed E-state index contributed by atoms with van der Waals surface area (Å²) in [6.45, 7) is 1.79. The number of hydrogen-bond donors (Lipinski definition) is 2. The molecule has 0 bridgehead atoms. The van der Waals surface area contributed by atoms with Crippen molar-refractivity contribution in [1.82, 2.24) is 5.32 Å². The van der Waals surface area contributed by atoms with Gasteiger partial charge in [0.05, 0.1) is 0 Å². The monoisotopic (exact) mass is 307 g/mol. The Bertz CT molecular complexity index is 316. The highest BCUT2D eigenvalue weighted by atomic mass is 32.2. The summed E-state index contributed by atoms with van der Waals surface area (Å²) in [5.74, 6) is -0.602. The third-order valence-corrected chi connectivity index (χ3v) is 2.80. The highest BCUT2D eigenvalue weighted by Gasteiger charge is 2.21. The van der Waals surface area contributed by atoms with Crippen molar-refractivity contribution >= 4 is 23.0 Å². The maximum atomic E-state index is 11.8. The van der Waals surface area contributed by atoms with Crippen LogP contribution in [0.1, 0.15) is 26.2 Å². The van der Waals surface area contributed by atoms with Gasteiger partial charge < -0.3 is 15.2 Å². The maximum absolute atomic E-state index is 11.8. The summed E-state index contributed by atoms with van der Waals surface area (Å²) in [4.78, 5) is 33.0. The number of esters is 1. The fraction of sp³-hybridized carbons (Fsp3) is 0.818. The Balaban J connectivity index is 4.27. The summed E-state index contributed by atoms with van der Waals surface area (Å²) >= 11 is 0.930. The quantitative estimate of drug-likeness (QED) is 0.267. The van der Waals surface area contributed by atoms with Crippen molar-refractivity contribution in [2.75, 3.05) is 19.5 Å². The van der Waals surface area contributed by atoms with E-state index in [4.69, 9.17) is 15.2 Å². The third-order valence-electron chi connectivity index (χ3n) is 2.35. The van der Waals surface area contributed by atoms with Gasteiger partial charge in [-0.1, -0.05) is 6.42 Å². The second-order valence-corrected chi connectivity index (χ2v) is 4.67. The van der Waals surface area contributed by atoms with Crippen LogP contribution in [-0.4, -0.2) is 43.1 Å². The van der Waals surface area contributed by atoms with Crippen LogP contribution in [0.3, 0.4) is 0 Å². The minimum atomic E-state index is -1.05. The first kappa shape index (κ1) is 18.8. The molecule has 0 fully saturated rings. The van der Waals surface area contributed by atoms with Crippen LogP contribution in [0.25, 0.3) is 0 Å². The van der Waals surface area contributed by atoms with E-state index in [9.17, 15) is 14.5 Å². The largest absolute Gasteiger partial charge is 0.442 e. The lowest BCUT2D eigenvalue weighted by atomic mass is 10.1. The van der Waals surface area contributed by atoms with Crippen LogP contribution in [0.5, 0.6) is 0 Å². The first-order valence-corrected chi connectivity index (χ1v) is 7.44. The van der Waals surface area contributed by atoms with E-state index in [1.165, 1.54) is 6.92 Å². The molecule has 0 amide bonds. The average Bonchev–Trinajstić information content (AvgIpc) is 2.45. The van der Waals surface area contributed by atoms with E-state index in [1.807, 2.05) is 0 Å². The lowest BCUT2D eigenvalue weighted by Crippen LogP contribution is -2.40. The number of carbonyl (C=O) groups is 2. The molecular weight excluding hydrogens is 286 g/mol. The van der Waals surface area contributed by atoms with Crippen LogP contribution in [0.4, 0.5) is 4.79 Å². The fourth-order valence-electron chi connectivity index (χ4n) is 1.33. The number of nitrogens with zero attached hydrogens (tertiary/aromatic N) is 1. The normalized spacial score (nSPS) is 13.3. The molecule has 0 heterocycles. The molecule has 20 heavy (non-hydrogen) atoms. The molecule has 0 aromatic carbocycles. The Morgan fingerprint density at radius 1 is 1.40 bits per heavy atom. The number of thioether (sulfide) groups is 1. The van der Waals surface area contributed by atoms with E-state index < -0.39 is 23.5 Å². The van der Waals surface area contributed by atoms with E-state index in [1.54, 1.807) is 6.26 Å². The zero-order valence-electron chi connectivity index (χ0n) is 11.7. The first-order chi connectivity index (χ1) is 9.54. The Hall–Kier alpha value is -1.19. The minimum absolute atomic E-state index is 0.106. The Morgan fingerprint density at radius 2 is 2.10 bits per heavy atom. The van der Waals surface area contributed by atoms with E-state index in [0.717, 1.165) is 18.2 Å². The number of ether oxygens (including phenoxy) is 2. The topological polar surface area (TPSA) is 120 Å². The minimum Gasteiger partial charge on any atom is -0.442 e. The number of nitroso groups, excluding NO2 is 1. The van der Waals surface area contributed by atoms with Gasteiger partial charge in [0.25, 0.3) is 0 Å². The molecular formula is C11H21N3O5S. The average molecular weight is 307 g/mol. The predicted molar refractivity (Wildman–Crippen MR) is 76.0 cm³/mol. The van der Waals surface area contributed by atoms with Gasteiger partial charge in [0.15, 0.2) is 0 Å². The molecule has 0 saturated heterocycles. The van der Waals surface area contributed by atoms with Gasteiger partial charge in [-0.25, -0.2) is 4.79 Å². The summed E-state index contributed by atoms with van der Waals surface area (Å²) in [6.07, 6.45) is 2.49. The summed E-state index contributed by atoms with van der Waals surface area (Å²) < 4.78 is 9.62. The van der Waals surface area contributed by atoms with Gasteiger partial charge in [-0.05, 0) is 49.5 Å². The van der Waals surface area contributed by atoms with Crippen molar-refractivity contribution in [3.8, 4) is 0 Å². The summed E-state index contributed by atoms with van der Waals surface area (Å²) in [6, 6.07) is -0.666. The van der Waals surface area contributed by atoms with Crippen molar-refractivity contribution in [3.63, 3.8) is 0 Å². The van der Waals surface area contributed by atoms with Crippen LogP contribution in [-0.2, 0) is 14.3 Å².